The lowest BCUT2D eigenvalue weighted by molar-refractivity contribution is -0.141. The van der Waals surface area contributed by atoms with Gasteiger partial charge in [-0.3, -0.25) is 14.6 Å². The van der Waals surface area contributed by atoms with Crippen LogP contribution in [0.5, 0.6) is 0 Å². The summed E-state index contributed by atoms with van der Waals surface area (Å²) in [6, 6.07) is 9.42. The van der Waals surface area contributed by atoms with Gasteiger partial charge in [-0.2, -0.15) is 0 Å². The van der Waals surface area contributed by atoms with Crippen LogP contribution in [0.15, 0.2) is 36.5 Å². The minimum Gasteiger partial charge on any atom is -0.481 e. The van der Waals surface area contributed by atoms with E-state index in [1.54, 1.807) is 11.1 Å². The van der Waals surface area contributed by atoms with Crippen LogP contribution in [0.3, 0.4) is 0 Å². The topological polar surface area (TPSA) is 70.5 Å². The van der Waals surface area contributed by atoms with Crippen LogP contribution in [0.25, 0.3) is 10.8 Å². The summed E-state index contributed by atoms with van der Waals surface area (Å²) < 4.78 is 0. The zero-order valence-corrected chi connectivity index (χ0v) is 10.8. The SMILES string of the molecule is O=C(O)[C@@H]1CCN(C(=O)c2nccc3ccccc23)C1. The van der Waals surface area contributed by atoms with Crippen molar-refractivity contribution in [1.29, 1.82) is 0 Å². The Bertz CT molecular complexity index is 678. The fourth-order valence-corrected chi connectivity index (χ4v) is 2.59. The highest BCUT2D eigenvalue weighted by Crippen LogP contribution is 2.22. The quantitative estimate of drug-likeness (QED) is 0.903. The first-order chi connectivity index (χ1) is 9.66. The van der Waals surface area contributed by atoms with Gasteiger partial charge in [-0.1, -0.05) is 24.3 Å². The number of pyridine rings is 1. The normalized spacial score (nSPS) is 18.4. The largest absolute Gasteiger partial charge is 0.481 e. The van der Waals surface area contributed by atoms with Crippen molar-refractivity contribution < 1.29 is 14.7 Å². The van der Waals surface area contributed by atoms with Gasteiger partial charge in [0.2, 0.25) is 0 Å². The lowest BCUT2D eigenvalue weighted by atomic mass is 10.1. The predicted molar refractivity (Wildman–Crippen MR) is 73.4 cm³/mol. The number of aromatic nitrogens is 1. The van der Waals surface area contributed by atoms with E-state index < -0.39 is 11.9 Å². The van der Waals surface area contributed by atoms with Crippen molar-refractivity contribution in [2.45, 2.75) is 6.42 Å². The van der Waals surface area contributed by atoms with E-state index in [9.17, 15) is 9.59 Å². The summed E-state index contributed by atoms with van der Waals surface area (Å²) in [5, 5.41) is 10.8. The van der Waals surface area contributed by atoms with E-state index in [0.717, 1.165) is 10.8 Å². The number of rotatable bonds is 2. The highest BCUT2D eigenvalue weighted by Gasteiger charge is 2.32. The Kier molecular flexibility index (Phi) is 3.10. The molecule has 0 unspecified atom stereocenters. The second-order valence-electron chi connectivity index (χ2n) is 4.96. The van der Waals surface area contributed by atoms with Gasteiger partial charge in [0.15, 0.2) is 0 Å². The number of carboxylic acid groups (broad SMARTS) is 1. The number of likely N-dealkylation sites (tertiary alicyclic amines) is 1. The maximum atomic E-state index is 12.5. The highest BCUT2D eigenvalue weighted by atomic mass is 16.4. The van der Waals surface area contributed by atoms with Crippen molar-refractivity contribution in [3.63, 3.8) is 0 Å². The summed E-state index contributed by atoms with van der Waals surface area (Å²) in [6.07, 6.45) is 2.12. The molecule has 1 N–H and O–H groups in total. The number of amides is 1. The Hall–Kier alpha value is -2.43. The minimum atomic E-state index is -0.842. The van der Waals surface area contributed by atoms with Gasteiger partial charge in [-0.05, 0) is 17.9 Å². The van der Waals surface area contributed by atoms with E-state index in [1.807, 2.05) is 30.3 Å². The van der Waals surface area contributed by atoms with E-state index in [0.29, 0.717) is 18.7 Å². The molecule has 1 saturated heterocycles. The summed E-state index contributed by atoms with van der Waals surface area (Å²) in [5.41, 5.74) is 0.397. The third-order valence-corrected chi connectivity index (χ3v) is 3.70. The van der Waals surface area contributed by atoms with Gasteiger partial charge >= 0.3 is 5.97 Å². The van der Waals surface area contributed by atoms with Crippen LogP contribution in [0.2, 0.25) is 0 Å². The molecule has 3 rings (SSSR count). The molecule has 102 valence electrons. The number of hydrogen-bond acceptors (Lipinski definition) is 3. The van der Waals surface area contributed by atoms with Crippen LogP contribution < -0.4 is 0 Å². The van der Waals surface area contributed by atoms with Gasteiger partial charge in [0.25, 0.3) is 5.91 Å². The number of hydrogen-bond donors (Lipinski definition) is 1. The third-order valence-electron chi connectivity index (χ3n) is 3.70. The average molecular weight is 270 g/mol. The van der Waals surface area contributed by atoms with Crippen molar-refractivity contribution in [2.75, 3.05) is 13.1 Å². The first kappa shape index (κ1) is 12.6. The number of benzene rings is 1. The molecule has 1 aromatic carbocycles. The molecule has 0 aliphatic carbocycles. The summed E-state index contributed by atoms with van der Waals surface area (Å²) in [7, 11) is 0. The second-order valence-corrected chi connectivity index (χ2v) is 4.96. The Balaban J connectivity index is 1.92. The summed E-state index contributed by atoms with van der Waals surface area (Å²) in [5.74, 6) is -1.49. The van der Waals surface area contributed by atoms with Crippen LogP contribution in [-0.4, -0.2) is 40.0 Å². The number of aliphatic carboxylic acids is 1. The monoisotopic (exact) mass is 270 g/mol. The molecule has 0 spiro atoms. The van der Waals surface area contributed by atoms with Crippen molar-refractivity contribution in [3.8, 4) is 0 Å². The van der Waals surface area contributed by atoms with E-state index >= 15 is 0 Å². The van der Waals surface area contributed by atoms with Gasteiger partial charge in [0, 0.05) is 24.7 Å². The Labute approximate surface area is 115 Å². The number of fused-ring (bicyclic) bond motifs is 1. The van der Waals surface area contributed by atoms with Crippen molar-refractivity contribution in [2.24, 2.45) is 5.92 Å². The Morgan fingerprint density at radius 3 is 2.80 bits per heavy atom. The first-order valence-corrected chi connectivity index (χ1v) is 6.52. The Morgan fingerprint density at radius 2 is 2.05 bits per heavy atom. The summed E-state index contributed by atoms with van der Waals surface area (Å²) >= 11 is 0. The average Bonchev–Trinajstić information content (AvgIpc) is 2.96. The molecule has 1 fully saturated rings. The van der Waals surface area contributed by atoms with E-state index in [-0.39, 0.29) is 12.5 Å². The molecule has 1 aliphatic heterocycles. The molecule has 1 atom stereocenters. The molecule has 1 aliphatic rings. The number of carbonyl (C=O) groups is 2. The first-order valence-electron chi connectivity index (χ1n) is 6.52. The van der Waals surface area contributed by atoms with Crippen LogP contribution in [0, 0.1) is 5.92 Å². The molecule has 0 bridgehead atoms. The zero-order chi connectivity index (χ0) is 14.1. The highest BCUT2D eigenvalue weighted by molar-refractivity contribution is 6.05. The number of carboxylic acids is 1. The van der Waals surface area contributed by atoms with Crippen molar-refractivity contribution in [1.82, 2.24) is 9.88 Å². The van der Waals surface area contributed by atoms with Gasteiger partial charge in [-0.25, -0.2) is 0 Å². The van der Waals surface area contributed by atoms with E-state index in [4.69, 9.17) is 5.11 Å². The molecule has 1 amide bonds. The molecular weight excluding hydrogens is 256 g/mol. The molecular formula is C15H14N2O3. The van der Waals surface area contributed by atoms with Crippen LogP contribution in [0.4, 0.5) is 0 Å². The van der Waals surface area contributed by atoms with Gasteiger partial charge < -0.3 is 10.0 Å². The molecule has 5 heteroatoms. The number of carbonyl (C=O) groups excluding carboxylic acids is 1. The van der Waals surface area contributed by atoms with Crippen LogP contribution >= 0.6 is 0 Å². The fourth-order valence-electron chi connectivity index (χ4n) is 2.59. The molecule has 2 heterocycles. The molecule has 2 aromatic rings. The minimum absolute atomic E-state index is 0.189. The van der Waals surface area contributed by atoms with Gasteiger partial charge in [0.1, 0.15) is 5.69 Å². The number of nitrogens with zero attached hydrogens (tertiary/aromatic N) is 2. The van der Waals surface area contributed by atoms with Gasteiger partial charge in [-0.15, -0.1) is 0 Å². The molecule has 5 nitrogen and oxygen atoms in total. The molecule has 1 aromatic heterocycles. The lowest BCUT2D eigenvalue weighted by Gasteiger charge is -2.16. The van der Waals surface area contributed by atoms with Crippen molar-refractivity contribution in [3.05, 3.63) is 42.2 Å². The van der Waals surface area contributed by atoms with Crippen LogP contribution in [0.1, 0.15) is 16.9 Å². The third kappa shape index (κ3) is 2.11. The smallest absolute Gasteiger partial charge is 0.308 e. The molecule has 0 saturated carbocycles. The second kappa shape index (κ2) is 4.92. The Morgan fingerprint density at radius 1 is 1.25 bits per heavy atom. The summed E-state index contributed by atoms with van der Waals surface area (Å²) in [6.45, 7) is 0.736. The maximum absolute atomic E-state index is 12.5. The van der Waals surface area contributed by atoms with E-state index in [2.05, 4.69) is 4.98 Å². The van der Waals surface area contributed by atoms with Crippen LogP contribution in [-0.2, 0) is 4.79 Å². The van der Waals surface area contributed by atoms with Crippen molar-refractivity contribution >= 4 is 22.6 Å². The lowest BCUT2D eigenvalue weighted by Crippen LogP contribution is -2.30. The zero-order valence-electron chi connectivity index (χ0n) is 10.8. The van der Waals surface area contributed by atoms with E-state index in [1.165, 1.54) is 0 Å². The van der Waals surface area contributed by atoms with Gasteiger partial charge in [0.05, 0.1) is 5.92 Å². The fraction of sp³-hybridized carbons (Fsp3) is 0.267. The summed E-state index contributed by atoms with van der Waals surface area (Å²) in [4.78, 5) is 29.2. The standard InChI is InChI=1S/C15H14N2O3/c18-14(17-8-6-11(9-17)15(19)20)13-12-4-2-1-3-10(12)5-7-16-13/h1-5,7,11H,6,8-9H2,(H,19,20)/t11-/m1/s1. The predicted octanol–water partition coefficient (Wildman–Crippen LogP) is 1.78. The maximum Gasteiger partial charge on any atom is 0.308 e. The molecule has 20 heavy (non-hydrogen) atoms. The molecule has 0 radical (unpaired) electrons.